The Morgan fingerprint density at radius 2 is 1.71 bits per heavy atom. The summed E-state index contributed by atoms with van der Waals surface area (Å²) in [6.07, 6.45) is -2.84. The molecule has 0 spiro atoms. The Labute approximate surface area is 123 Å². The lowest BCUT2D eigenvalue weighted by molar-refractivity contribution is -0.140. The number of halogens is 3. The van der Waals surface area contributed by atoms with Crippen molar-refractivity contribution in [2.24, 2.45) is 0 Å². The molecule has 1 rings (SSSR count). The van der Waals surface area contributed by atoms with Crippen molar-refractivity contribution < 1.29 is 22.7 Å². The molecule has 0 saturated carbocycles. The van der Waals surface area contributed by atoms with Crippen LogP contribution in [-0.2, 0) is 22.1 Å². The van der Waals surface area contributed by atoms with Crippen LogP contribution in [0.5, 0.6) is 0 Å². The summed E-state index contributed by atoms with van der Waals surface area (Å²) in [5.41, 5.74) is -0.811. The van der Waals surface area contributed by atoms with Crippen LogP contribution < -0.4 is 0 Å². The molecule has 5 heteroatoms. The van der Waals surface area contributed by atoms with Gasteiger partial charge in [0, 0.05) is 13.0 Å². The molecule has 0 aliphatic heterocycles. The van der Waals surface area contributed by atoms with Gasteiger partial charge in [0.15, 0.2) is 5.78 Å². The maximum atomic E-state index is 12.4. The van der Waals surface area contributed by atoms with Gasteiger partial charge in [-0.15, -0.1) is 0 Å². The molecule has 2 nitrogen and oxygen atoms in total. The highest BCUT2D eigenvalue weighted by Crippen LogP contribution is 2.29. The number of carbonyl (C=O) groups is 1. The summed E-state index contributed by atoms with van der Waals surface area (Å²) in [5.74, 6) is -0.0455. The normalized spacial score (nSPS) is 12.5. The molecule has 0 fully saturated rings. The Balaban J connectivity index is 2.57. The van der Waals surface area contributed by atoms with Crippen molar-refractivity contribution in [3.8, 4) is 0 Å². The van der Waals surface area contributed by atoms with E-state index in [1.54, 1.807) is 13.8 Å². The SMILES string of the molecule is CCCOC(C)(C)C(=O)CCc1ccc(C(F)(F)F)cc1. The molecule has 0 aliphatic carbocycles. The van der Waals surface area contributed by atoms with Gasteiger partial charge in [-0.25, -0.2) is 0 Å². The van der Waals surface area contributed by atoms with Crippen molar-refractivity contribution in [2.75, 3.05) is 6.61 Å². The number of hydrogen-bond donors (Lipinski definition) is 0. The van der Waals surface area contributed by atoms with E-state index in [9.17, 15) is 18.0 Å². The fraction of sp³-hybridized carbons (Fsp3) is 0.562. The largest absolute Gasteiger partial charge is 0.416 e. The maximum Gasteiger partial charge on any atom is 0.416 e. The van der Waals surface area contributed by atoms with Crippen LogP contribution in [0.15, 0.2) is 24.3 Å². The van der Waals surface area contributed by atoms with Gasteiger partial charge >= 0.3 is 6.18 Å². The van der Waals surface area contributed by atoms with Gasteiger partial charge in [0.05, 0.1) is 5.56 Å². The number of aryl methyl sites for hydroxylation is 1. The molecule has 0 aromatic heterocycles. The number of ether oxygens (including phenoxy) is 1. The number of benzene rings is 1. The topological polar surface area (TPSA) is 26.3 Å². The standard InChI is InChI=1S/C16H21F3O2/c1-4-11-21-15(2,3)14(20)10-7-12-5-8-13(9-6-12)16(17,18)19/h5-6,8-9H,4,7,10-11H2,1-3H3. The van der Waals surface area contributed by atoms with Crippen molar-refractivity contribution in [1.29, 1.82) is 0 Å². The summed E-state index contributed by atoms with van der Waals surface area (Å²) in [6, 6.07) is 4.91. The number of Topliss-reactive ketones (excluding diaryl/α,β-unsaturated/α-hetero) is 1. The first kappa shape index (κ1) is 17.7. The average molecular weight is 302 g/mol. The number of alkyl halides is 3. The Morgan fingerprint density at radius 3 is 2.19 bits per heavy atom. The molecule has 0 unspecified atom stereocenters. The van der Waals surface area contributed by atoms with Gasteiger partial charge in [0.2, 0.25) is 0 Å². The summed E-state index contributed by atoms with van der Waals surface area (Å²) >= 11 is 0. The van der Waals surface area contributed by atoms with Crippen molar-refractivity contribution in [2.45, 2.75) is 51.8 Å². The lowest BCUT2D eigenvalue weighted by atomic mass is 9.96. The van der Waals surface area contributed by atoms with Gasteiger partial charge < -0.3 is 4.74 Å². The van der Waals surface area contributed by atoms with Crippen molar-refractivity contribution >= 4 is 5.78 Å². The molecule has 0 amide bonds. The van der Waals surface area contributed by atoms with Gasteiger partial charge in [-0.3, -0.25) is 4.79 Å². The van der Waals surface area contributed by atoms with E-state index in [-0.39, 0.29) is 12.2 Å². The molecular formula is C16H21F3O2. The van der Waals surface area contributed by atoms with E-state index in [1.165, 1.54) is 12.1 Å². The molecule has 1 aromatic rings. The van der Waals surface area contributed by atoms with Gasteiger partial charge in [-0.05, 0) is 44.4 Å². The van der Waals surface area contributed by atoms with Gasteiger partial charge in [-0.1, -0.05) is 19.1 Å². The molecule has 1 aromatic carbocycles. The predicted molar refractivity (Wildman–Crippen MR) is 75.1 cm³/mol. The number of ketones is 1. The molecule has 0 bridgehead atoms. The summed E-state index contributed by atoms with van der Waals surface area (Å²) < 4.78 is 42.8. The van der Waals surface area contributed by atoms with E-state index in [0.29, 0.717) is 18.6 Å². The van der Waals surface area contributed by atoms with Gasteiger partial charge in [0.1, 0.15) is 5.60 Å². The third-order valence-corrected chi connectivity index (χ3v) is 3.26. The van der Waals surface area contributed by atoms with E-state index in [4.69, 9.17) is 4.74 Å². The predicted octanol–water partition coefficient (Wildman–Crippen LogP) is 4.41. The quantitative estimate of drug-likeness (QED) is 0.745. The highest BCUT2D eigenvalue weighted by atomic mass is 19.4. The lowest BCUT2D eigenvalue weighted by Crippen LogP contribution is -2.35. The minimum absolute atomic E-state index is 0.0455. The van der Waals surface area contributed by atoms with E-state index in [2.05, 4.69) is 0 Å². The zero-order chi connectivity index (χ0) is 16.1. The molecule has 0 heterocycles. The van der Waals surface area contributed by atoms with Crippen molar-refractivity contribution in [1.82, 2.24) is 0 Å². The van der Waals surface area contributed by atoms with Crippen LogP contribution in [-0.4, -0.2) is 18.0 Å². The second-order valence-corrected chi connectivity index (χ2v) is 5.48. The van der Waals surface area contributed by atoms with Gasteiger partial charge in [0.25, 0.3) is 0 Å². The van der Waals surface area contributed by atoms with Crippen LogP contribution in [0.2, 0.25) is 0 Å². The van der Waals surface area contributed by atoms with E-state index in [0.717, 1.165) is 18.6 Å². The Bertz CT molecular complexity index is 461. The molecule has 0 radical (unpaired) electrons. The van der Waals surface area contributed by atoms with Gasteiger partial charge in [-0.2, -0.15) is 13.2 Å². The van der Waals surface area contributed by atoms with E-state index >= 15 is 0 Å². The second kappa shape index (κ2) is 7.07. The van der Waals surface area contributed by atoms with E-state index in [1.807, 2.05) is 6.92 Å². The Hall–Kier alpha value is -1.36. The molecule has 0 aliphatic rings. The summed E-state index contributed by atoms with van der Waals surface area (Å²) in [4.78, 5) is 12.1. The monoisotopic (exact) mass is 302 g/mol. The first-order valence-corrected chi connectivity index (χ1v) is 7.00. The molecule has 0 N–H and O–H groups in total. The van der Waals surface area contributed by atoms with Crippen LogP contribution in [0.25, 0.3) is 0 Å². The van der Waals surface area contributed by atoms with Crippen LogP contribution in [0.4, 0.5) is 13.2 Å². The minimum Gasteiger partial charge on any atom is -0.368 e. The summed E-state index contributed by atoms with van der Waals surface area (Å²) in [7, 11) is 0. The molecular weight excluding hydrogens is 281 g/mol. The van der Waals surface area contributed by atoms with Crippen LogP contribution >= 0.6 is 0 Å². The first-order chi connectivity index (χ1) is 9.66. The third kappa shape index (κ3) is 5.50. The second-order valence-electron chi connectivity index (χ2n) is 5.48. The summed E-state index contributed by atoms with van der Waals surface area (Å²) in [6.45, 7) is 5.91. The number of hydrogen-bond acceptors (Lipinski definition) is 2. The minimum atomic E-state index is -4.33. The van der Waals surface area contributed by atoms with Crippen LogP contribution in [0.1, 0.15) is 44.7 Å². The molecule has 0 atom stereocenters. The Morgan fingerprint density at radius 1 is 1.14 bits per heavy atom. The van der Waals surface area contributed by atoms with E-state index < -0.39 is 17.3 Å². The highest BCUT2D eigenvalue weighted by Gasteiger charge is 2.30. The number of carbonyl (C=O) groups excluding carboxylic acids is 1. The lowest BCUT2D eigenvalue weighted by Gasteiger charge is -2.23. The van der Waals surface area contributed by atoms with Crippen LogP contribution in [0.3, 0.4) is 0 Å². The molecule has 0 saturated heterocycles. The fourth-order valence-corrected chi connectivity index (χ4v) is 1.86. The number of rotatable bonds is 7. The molecule has 118 valence electrons. The fourth-order valence-electron chi connectivity index (χ4n) is 1.86. The smallest absolute Gasteiger partial charge is 0.368 e. The molecule has 21 heavy (non-hydrogen) atoms. The first-order valence-electron chi connectivity index (χ1n) is 7.00. The van der Waals surface area contributed by atoms with Crippen molar-refractivity contribution in [3.05, 3.63) is 35.4 Å². The Kier molecular flexibility index (Phi) is 5.96. The highest BCUT2D eigenvalue weighted by molar-refractivity contribution is 5.86. The van der Waals surface area contributed by atoms with Crippen LogP contribution in [0, 0.1) is 0 Å². The summed E-state index contributed by atoms with van der Waals surface area (Å²) in [5, 5.41) is 0. The zero-order valence-electron chi connectivity index (χ0n) is 12.6. The van der Waals surface area contributed by atoms with Crippen molar-refractivity contribution in [3.63, 3.8) is 0 Å². The zero-order valence-corrected chi connectivity index (χ0v) is 12.6. The third-order valence-electron chi connectivity index (χ3n) is 3.26. The average Bonchev–Trinajstić information content (AvgIpc) is 2.42. The maximum absolute atomic E-state index is 12.4.